The Morgan fingerprint density at radius 1 is 1.62 bits per heavy atom. The lowest BCUT2D eigenvalue weighted by atomic mass is 10.3. The van der Waals surface area contributed by atoms with Crippen molar-refractivity contribution in [2.75, 3.05) is 7.11 Å². The van der Waals surface area contributed by atoms with E-state index in [2.05, 4.69) is 20.0 Å². The highest BCUT2D eigenvalue weighted by molar-refractivity contribution is 6.41. The smallest absolute Gasteiger partial charge is 0.360 e. The zero-order valence-electron chi connectivity index (χ0n) is 8.36. The van der Waals surface area contributed by atoms with Gasteiger partial charge < -0.3 is 9.94 Å². The van der Waals surface area contributed by atoms with Gasteiger partial charge >= 0.3 is 5.97 Å². The van der Waals surface area contributed by atoms with Crippen LogP contribution in [0.15, 0.2) is 29.8 Å². The summed E-state index contributed by atoms with van der Waals surface area (Å²) in [5, 5.41) is 12.3. The molecule has 0 unspecified atom stereocenters. The molecule has 2 heterocycles. The molecule has 2 aromatic heterocycles. The molecule has 16 heavy (non-hydrogen) atoms. The first kappa shape index (κ1) is 10.1. The number of carboxylic acids is 1. The summed E-state index contributed by atoms with van der Waals surface area (Å²) in [4.78, 5) is 23.3. The minimum Gasteiger partial charge on any atom is -0.476 e. The van der Waals surface area contributed by atoms with Gasteiger partial charge in [-0.1, -0.05) is 5.16 Å². The van der Waals surface area contributed by atoms with Crippen LogP contribution in [-0.4, -0.2) is 38.3 Å². The van der Waals surface area contributed by atoms with Gasteiger partial charge in [0.2, 0.25) is 11.5 Å². The number of aromatic nitrogens is 3. The quantitative estimate of drug-likeness (QED) is 0.588. The molecule has 7 nitrogen and oxygen atoms in total. The number of carboxylic acid groups (broad SMARTS) is 1. The van der Waals surface area contributed by atoms with Gasteiger partial charge in [-0.15, -0.1) is 0 Å². The maximum absolute atomic E-state index is 10.9. The second kappa shape index (κ2) is 3.97. The minimum absolute atomic E-state index is 0.202. The van der Waals surface area contributed by atoms with E-state index in [0.29, 0.717) is 5.78 Å². The molecule has 0 spiro atoms. The Hall–Kier alpha value is -2.44. The summed E-state index contributed by atoms with van der Waals surface area (Å²) in [6, 6.07) is 1.71. The van der Waals surface area contributed by atoms with Crippen molar-refractivity contribution in [3.8, 4) is 0 Å². The predicted molar refractivity (Wildman–Crippen MR) is 54.2 cm³/mol. The average molecular weight is 220 g/mol. The molecule has 0 saturated heterocycles. The normalized spacial score (nSPS) is 11.7. The Balaban J connectivity index is 2.53. The Kier molecular flexibility index (Phi) is 2.50. The molecule has 82 valence electrons. The monoisotopic (exact) mass is 220 g/mol. The molecule has 0 aromatic carbocycles. The molecule has 0 amide bonds. The lowest BCUT2D eigenvalue weighted by Gasteiger charge is -1.93. The standard InChI is InChI=1S/C9H8N4O3/c1-16-12-7(8(14)15)6-5-13-4-2-3-10-9(13)11-6/h2-5H,1H3,(H,14,15)/b12-7+. The summed E-state index contributed by atoms with van der Waals surface area (Å²) in [5.74, 6) is -0.798. The van der Waals surface area contributed by atoms with E-state index >= 15 is 0 Å². The Morgan fingerprint density at radius 2 is 2.44 bits per heavy atom. The molecule has 0 radical (unpaired) electrons. The summed E-state index contributed by atoms with van der Waals surface area (Å²) < 4.78 is 1.60. The molecular weight excluding hydrogens is 212 g/mol. The Morgan fingerprint density at radius 3 is 3.06 bits per heavy atom. The van der Waals surface area contributed by atoms with Gasteiger partial charge in [0.1, 0.15) is 12.8 Å². The molecule has 1 N–H and O–H groups in total. The van der Waals surface area contributed by atoms with Crippen LogP contribution >= 0.6 is 0 Å². The van der Waals surface area contributed by atoms with Gasteiger partial charge in [-0.25, -0.2) is 14.8 Å². The number of fused-ring (bicyclic) bond motifs is 1. The zero-order valence-corrected chi connectivity index (χ0v) is 8.36. The Labute approximate surface area is 90.0 Å². The molecule has 2 aromatic rings. The topological polar surface area (TPSA) is 89.1 Å². The average Bonchev–Trinajstić information content (AvgIpc) is 2.68. The van der Waals surface area contributed by atoms with Gasteiger partial charge in [-0.3, -0.25) is 4.40 Å². The first-order valence-electron chi connectivity index (χ1n) is 4.37. The van der Waals surface area contributed by atoms with Crippen LogP contribution in [-0.2, 0) is 9.63 Å². The second-order valence-electron chi connectivity index (χ2n) is 2.88. The predicted octanol–water partition coefficient (Wildman–Crippen LogP) is 0.164. The second-order valence-corrected chi connectivity index (χ2v) is 2.88. The van der Waals surface area contributed by atoms with Crippen LogP contribution in [0, 0.1) is 0 Å². The van der Waals surface area contributed by atoms with Gasteiger partial charge in [0.25, 0.3) is 0 Å². The third-order valence-electron chi connectivity index (χ3n) is 1.86. The lowest BCUT2D eigenvalue weighted by molar-refractivity contribution is -0.129. The van der Waals surface area contributed by atoms with Gasteiger partial charge in [0.15, 0.2) is 0 Å². The van der Waals surface area contributed by atoms with Gasteiger partial charge in [-0.2, -0.15) is 0 Å². The first-order chi connectivity index (χ1) is 7.72. The highest BCUT2D eigenvalue weighted by atomic mass is 16.6. The SMILES string of the molecule is CO/N=C(/C(=O)O)c1cn2cccnc2n1. The molecule has 0 bridgehead atoms. The van der Waals surface area contributed by atoms with E-state index in [-0.39, 0.29) is 11.4 Å². The molecule has 0 aliphatic rings. The number of hydrogen-bond donors (Lipinski definition) is 1. The van der Waals surface area contributed by atoms with E-state index in [1.54, 1.807) is 22.9 Å². The minimum atomic E-state index is -1.20. The van der Waals surface area contributed by atoms with Crippen molar-refractivity contribution < 1.29 is 14.7 Å². The van der Waals surface area contributed by atoms with Crippen LogP contribution in [0.1, 0.15) is 5.69 Å². The lowest BCUT2D eigenvalue weighted by Crippen LogP contribution is -2.15. The van der Waals surface area contributed by atoms with Crippen molar-refractivity contribution >= 4 is 17.5 Å². The van der Waals surface area contributed by atoms with E-state index < -0.39 is 5.97 Å². The largest absolute Gasteiger partial charge is 0.476 e. The van der Waals surface area contributed by atoms with E-state index in [4.69, 9.17) is 5.11 Å². The molecule has 0 aliphatic heterocycles. The number of rotatable bonds is 3. The van der Waals surface area contributed by atoms with E-state index in [9.17, 15) is 4.79 Å². The van der Waals surface area contributed by atoms with Crippen LogP contribution in [0.2, 0.25) is 0 Å². The molecule has 2 rings (SSSR count). The fraction of sp³-hybridized carbons (Fsp3) is 0.111. The van der Waals surface area contributed by atoms with Crippen LogP contribution in [0.5, 0.6) is 0 Å². The fourth-order valence-corrected chi connectivity index (χ4v) is 1.23. The zero-order chi connectivity index (χ0) is 11.5. The van der Waals surface area contributed by atoms with Gasteiger partial charge in [-0.05, 0) is 6.07 Å². The van der Waals surface area contributed by atoms with Crippen LogP contribution in [0.3, 0.4) is 0 Å². The van der Waals surface area contributed by atoms with Crippen LogP contribution in [0.4, 0.5) is 0 Å². The molecule has 0 fully saturated rings. The van der Waals surface area contributed by atoms with Crippen molar-refractivity contribution in [2.24, 2.45) is 5.16 Å². The third-order valence-corrected chi connectivity index (χ3v) is 1.86. The summed E-state index contributed by atoms with van der Waals surface area (Å²) in [6.07, 6.45) is 4.80. The molecule has 7 heteroatoms. The number of nitrogens with zero attached hydrogens (tertiary/aromatic N) is 4. The highest BCUT2D eigenvalue weighted by Crippen LogP contribution is 2.04. The van der Waals surface area contributed by atoms with E-state index in [1.165, 1.54) is 13.3 Å². The molecule has 0 atom stereocenters. The number of carbonyl (C=O) groups is 1. The number of imidazole rings is 1. The van der Waals surface area contributed by atoms with Gasteiger partial charge in [0, 0.05) is 18.6 Å². The Bertz CT molecular complexity index is 528. The number of oxime groups is 1. The third kappa shape index (κ3) is 1.70. The molecule has 0 saturated carbocycles. The van der Waals surface area contributed by atoms with Crippen molar-refractivity contribution in [2.45, 2.75) is 0 Å². The number of hydrogen-bond acceptors (Lipinski definition) is 5. The summed E-state index contributed by atoms with van der Waals surface area (Å²) in [7, 11) is 1.27. The summed E-state index contributed by atoms with van der Waals surface area (Å²) in [6.45, 7) is 0. The maximum atomic E-state index is 10.9. The van der Waals surface area contributed by atoms with Crippen LogP contribution < -0.4 is 0 Å². The molecular formula is C9H8N4O3. The maximum Gasteiger partial charge on any atom is 0.360 e. The highest BCUT2D eigenvalue weighted by Gasteiger charge is 2.17. The van der Waals surface area contributed by atoms with Crippen LogP contribution in [0.25, 0.3) is 5.78 Å². The van der Waals surface area contributed by atoms with Crippen molar-refractivity contribution in [1.82, 2.24) is 14.4 Å². The van der Waals surface area contributed by atoms with Crippen molar-refractivity contribution in [3.05, 3.63) is 30.4 Å². The first-order valence-corrected chi connectivity index (χ1v) is 4.37. The van der Waals surface area contributed by atoms with E-state index in [1.807, 2.05) is 0 Å². The summed E-state index contributed by atoms with van der Waals surface area (Å²) in [5.41, 5.74) is -0.0546. The van der Waals surface area contributed by atoms with Crippen molar-refractivity contribution in [1.29, 1.82) is 0 Å². The van der Waals surface area contributed by atoms with E-state index in [0.717, 1.165) is 0 Å². The summed E-state index contributed by atoms with van der Waals surface area (Å²) >= 11 is 0. The van der Waals surface area contributed by atoms with Gasteiger partial charge in [0.05, 0.1) is 0 Å². The fourth-order valence-electron chi connectivity index (χ4n) is 1.23. The van der Waals surface area contributed by atoms with Crippen molar-refractivity contribution in [3.63, 3.8) is 0 Å². The number of aliphatic carboxylic acids is 1. The molecule has 0 aliphatic carbocycles.